The van der Waals surface area contributed by atoms with Gasteiger partial charge in [-0.3, -0.25) is 9.10 Å². The molecule has 0 heterocycles. The summed E-state index contributed by atoms with van der Waals surface area (Å²) in [5.41, 5.74) is 0.280. The Morgan fingerprint density at radius 3 is 2.29 bits per heavy atom. The number of methoxy groups -OCH3 is 1. The summed E-state index contributed by atoms with van der Waals surface area (Å²) >= 11 is 6.28. The van der Waals surface area contributed by atoms with Crippen molar-refractivity contribution in [2.24, 2.45) is 0 Å². The SMILES string of the molecule is CCC(C)(C)NC(=O)c1ccc(N(C)S(=O)(=O)c2ccc(OC)cc2)cc1Cl. The summed E-state index contributed by atoms with van der Waals surface area (Å²) in [5, 5.41) is 3.09. The molecular formula is C20H25ClN2O4S. The molecule has 0 unspecified atom stereocenters. The van der Waals surface area contributed by atoms with E-state index in [9.17, 15) is 13.2 Å². The summed E-state index contributed by atoms with van der Waals surface area (Å²) in [6, 6.07) is 10.7. The molecule has 0 aliphatic rings. The number of halogens is 1. The van der Waals surface area contributed by atoms with Gasteiger partial charge in [-0.2, -0.15) is 0 Å². The molecule has 2 aromatic rings. The van der Waals surface area contributed by atoms with Gasteiger partial charge in [0.05, 0.1) is 28.3 Å². The lowest BCUT2D eigenvalue weighted by Gasteiger charge is -2.25. The van der Waals surface area contributed by atoms with Crippen LogP contribution in [0.3, 0.4) is 0 Å². The third kappa shape index (κ3) is 4.77. The normalized spacial score (nSPS) is 11.8. The summed E-state index contributed by atoms with van der Waals surface area (Å²) in [4.78, 5) is 12.6. The number of nitrogens with one attached hydrogen (secondary N) is 1. The Labute approximate surface area is 171 Å². The standard InChI is InChI=1S/C20H25ClN2O4S/c1-6-20(2,3)22-19(24)17-12-7-14(13-18(17)21)23(4)28(25,26)16-10-8-15(27-5)9-11-16/h7-13H,6H2,1-5H3,(H,22,24). The Morgan fingerprint density at radius 1 is 1.18 bits per heavy atom. The van der Waals surface area contributed by atoms with Gasteiger partial charge >= 0.3 is 0 Å². The summed E-state index contributed by atoms with van der Waals surface area (Å²) in [7, 11) is -0.834. The molecule has 2 rings (SSSR count). The van der Waals surface area contributed by atoms with Crippen LogP contribution in [0.15, 0.2) is 47.4 Å². The van der Waals surface area contributed by atoms with E-state index in [1.807, 2.05) is 20.8 Å². The van der Waals surface area contributed by atoms with Crippen molar-refractivity contribution < 1.29 is 17.9 Å². The summed E-state index contributed by atoms with van der Waals surface area (Å²) in [6.07, 6.45) is 0.761. The van der Waals surface area contributed by atoms with E-state index in [1.54, 1.807) is 18.2 Å². The molecular weight excluding hydrogens is 400 g/mol. The van der Waals surface area contributed by atoms with Crippen LogP contribution >= 0.6 is 11.6 Å². The van der Waals surface area contributed by atoms with Crippen molar-refractivity contribution in [1.29, 1.82) is 0 Å². The maximum Gasteiger partial charge on any atom is 0.264 e. The van der Waals surface area contributed by atoms with Gasteiger partial charge in [0, 0.05) is 12.6 Å². The molecule has 0 spiro atoms. The first kappa shape index (κ1) is 22.0. The van der Waals surface area contributed by atoms with Crippen LogP contribution in [-0.4, -0.2) is 34.0 Å². The van der Waals surface area contributed by atoms with Gasteiger partial charge in [-0.25, -0.2) is 8.42 Å². The highest BCUT2D eigenvalue weighted by atomic mass is 35.5. The molecule has 8 heteroatoms. The number of hydrogen-bond acceptors (Lipinski definition) is 4. The van der Waals surface area contributed by atoms with Crippen LogP contribution in [0.25, 0.3) is 0 Å². The van der Waals surface area contributed by atoms with Crippen LogP contribution in [-0.2, 0) is 10.0 Å². The second-order valence-corrected chi connectivity index (χ2v) is 9.38. The highest BCUT2D eigenvalue weighted by molar-refractivity contribution is 7.92. The first-order valence-corrected chi connectivity index (χ1v) is 10.6. The number of carbonyl (C=O) groups is 1. The number of nitrogens with zero attached hydrogens (tertiary/aromatic N) is 1. The predicted molar refractivity (Wildman–Crippen MR) is 112 cm³/mol. The number of anilines is 1. The van der Waals surface area contributed by atoms with E-state index in [2.05, 4.69) is 5.32 Å². The van der Waals surface area contributed by atoms with E-state index in [1.165, 1.54) is 38.4 Å². The van der Waals surface area contributed by atoms with Crippen LogP contribution in [0.2, 0.25) is 5.02 Å². The Kier molecular flexibility index (Phi) is 6.62. The number of sulfonamides is 1. The molecule has 0 aliphatic carbocycles. The Balaban J connectivity index is 2.30. The van der Waals surface area contributed by atoms with E-state index < -0.39 is 10.0 Å². The Hall–Kier alpha value is -2.25. The molecule has 0 atom stereocenters. The van der Waals surface area contributed by atoms with Crippen molar-refractivity contribution in [1.82, 2.24) is 5.32 Å². The van der Waals surface area contributed by atoms with Crippen molar-refractivity contribution in [3.63, 3.8) is 0 Å². The molecule has 0 fully saturated rings. The van der Waals surface area contributed by atoms with E-state index in [4.69, 9.17) is 16.3 Å². The summed E-state index contributed by atoms with van der Waals surface area (Å²) in [6.45, 7) is 5.81. The average molecular weight is 425 g/mol. The van der Waals surface area contributed by atoms with Gasteiger partial charge in [0.1, 0.15) is 5.75 Å². The quantitative estimate of drug-likeness (QED) is 0.726. The van der Waals surface area contributed by atoms with Gasteiger partial charge in [0.25, 0.3) is 15.9 Å². The lowest BCUT2D eigenvalue weighted by molar-refractivity contribution is 0.0911. The van der Waals surface area contributed by atoms with Crippen molar-refractivity contribution >= 4 is 33.2 Å². The number of ether oxygens (including phenoxy) is 1. The highest BCUT2D eigenvalue weighted by Gasteiger charge is 2.24. The number of benzene rings is 2. The first-order chi connectivity index (χ1) is 13.0. The minimum Gasteiger partial charge on any atom is -0.497 e. The largest absolute Gasteiger partial charge is 0.497 e. The summed E-state index contributed by atoms with van der Waals surface area (Å²) in [5.74, 6) is 0.263. The van der Waals surface area contributed by atoms with E-state index in [0.29, 0.717) is 17.0 Å². The van der Waals surface area contributed by atoms with E-state index in [-0.39, 0.29) is 21.4 Å². The van der Waals surface area contributed by atoms with Gasteiger partial charge in [-0.15, -0.1) is 0 Å². The second kappa shape index (κ2) is 8.41. The molecule has 0 radical (unpaired) electrons. The monoisotopic (exact) mass is 424 g/mol. The maximum atomic E-state index is 12.9. The molecule has 152 valence electrons. The van der Waals surface area contributed by atoms with Crippen LogP contribution in [0.4, 0.5) is 5.69 Å². The fourth-order valence-electron chi connectivity index (χ4n) is 2.39. The minimum atomic E-state index is -3.78. The zero-order valence-corrected chi connectivity index (χ0v) is 18.2. The van der Waals surface area contributed by atoms with Crippen LogP contribution in [0.5, 0.6) is 5.75 Å². The number of amides is 1. The lowest BCUT2D eigenvalue weighted by Crippen LogP contribution is -2.42. The van der Waals surface area contributed by atoms with Crippen molar-refractivity contribution in [2.45, 2.75) is 37.6 Å². The fraction of sp³-hybridized carbons (Fsp3) is 0.350. The van der Waals surface area contributed by atoms with E-state index in [0.717, 1.165) is 10.7 Å². The molecule has 1 N–H and O–H groups in total. The molecule has 0 aromatic heterocycles. The van der Waals surface area contributed by atoms with E-state index >= 15 is 0 Å². The Morgan fingerprint density at radius 2 is 1.79 bits per heavy atom. The van der Waals surface area contributed by atoms with Crippen molar-refractivity contribution in [2.75, 3.05) is 18.5 Å². The number of hydrogen-bond donors (Lipinski definition) is 1. The highest BCUT2D eigenvalue weighted by Crippen LogP contribution is 2.28. The van der Waals surface area contributed by atoms with Crippen LogP contribution in [0, 0.1) is 0 Å². The molecule has 1 amide bonds. The third-order valence-electron chi connectivity index (χ3n) is 4.61. The fourth-order valence-corrected chi connectivity index (χ4v) is 3.84. The molecule has 0 saturated heterocycles. The Bertz CT molecular complexity index is 957. The first-order valence-electron chi connectivity index (χ1n) is 8.77. The van der Waals surface area contributed by atoms with Gasteiger partial charge < -0.3 is 10.1 Å². The zero-order valence-electron chi connectivity index (χ0n) is 16.6. The predicted octanol–water partition coefficient (Wildman–Crippen LogP) is 4.09. The molecule has 0 aliphatic heterocycles. The van der Waals surface area contributed by atoms with Crippen LogP contribution in [0.1, 0.15) is 37.6 Å². The number of carbonyl (C=O) groups excluding carboxylic acids is 1. The molecule has 28 heavy (non-hydrogen) atoms. The lowest BCUT2D eigenvalue weighted by atomic mass is 10.0. The number of rotatable bonds is 7. The van der Waals surface area contributed by atoms with Gasteiger partial charge in [0.15, 0.2) is 0 Å². The van der Waals surface area contributed by atoms with Gasteiger partial charge in [-0.05, 0) is 62.7 Å². The maximum absolute atomic E-state index is 12.9. The third-order valence-corrected chi connectivity index (χ3v) is 6.73. The van der Waals surface area contributed by atoms with Crippen LogP contribution < -0.4 is 14.4 Å². The van der Waals surface area contributed by atoms with Gasteiger partial charge in [-0.1, -0.05) is 18.5 Å². The van der Waals surface area contributed by atoms with Crippen molar-refractivity contribution in [3.8, 4) is 5.75 Å². The molecule has 0 saturated carbocycles. The second-order valence-electron chi connectivity index (χ2n) is 7.00. The average Bonchev–Trinajstić information content (AvgIpc) is 2.66. The van der Waals surface area contributed by atoms with Crippen molar-refractivity contribution in [3.05, 3.63) is 53.1 Å². The smallest absolute Gasteiger partial charge is 0.264 e. The molecule has 2 aromatic carbocycles. The topological polar surface area (TPSA) is 75.7 Å². The summed E-state index contributed by atoms with van der Waals surface area (Å²) < 4.78 is 31.9. The van der Waals surface area contributed by atoms with Gasteiger partial charge in [0.2, 0.25) is 0 Å². The molecule has 6 nitrogen and oxygen atoms in total. The zero-order chi connectivity index (χ0) is 21.1. The minimum absolute atomic E-state index is 0.124. The molecule has 0 bridgehead atoms.